The summed E-state index contributed by atoms with van der Waals surface area (Å²) in [5.74, 6) is 0.249. The fourth-order valence-electron chi connectivity index (χ4n) is 2.69. The number of aromatic hydroxyl groups is 1. The highest BCUT2D eigenvalue weighted by atomic mass is 16.5. The molecule has 2 rings (SSSR count). The molecule has 6 nitrogen and oxygen atoms in total. The Balaban J connectivity index is 1.72. The van der Waals surface area contributed by atoms with Gasteiger partial charge in [0.05, 0.1) is 0 Å². The molecule has 0 aliphatic rings. The predicted molar refractivity (Wildman–Crippen MR) is 113 cm³/mol. The molecule has 0 spiro atoms. The third-order valence-electron chi connectivity index (χ3n) is 4.43. The lowest BCUT2D eigenvalue weighted by molar-refractivity contribution is -0.127. The van der Waals surface area contributed by atoms with Gasteiger partial charge in [-0.2, -0.15) is 0 Å². The smallest absolute Gasteiger partial charge is 0.260 e. The van der Waals surface area contributed by atoms with Gasteiger partial charge in [-0.3, -0.25) is 9.59 Å². The highest BCUT2D eigenvalue weighted by Gasteiger charge is 2.17. The molecule has 6 heteroatoms. The summed E-state index contributed by atoms with van der Waals surface area (Å²) in [7, 11) is 0. The van der Waals surface area contributed by atoms with Crippen LogP contribution in [0, 0.1) is 0 Å². The van der Waals surface area contributed by atoms with E-state index in [-0.39, 0.29) is 23.0 Å². The third-order valence-corrected chi connectivity index (χ3v) is 4.43. The summed E-state index contributed by atoms with van der Waals surface area (Å²) < 4.78 is 5.77. The van der Waals surface area contributed by atoms with Gasteiger partial charge in [-0.15, -0.1) is 0 Å². The van der Waals surface area contributed by atoms with E-state index in [1.165, 1.54) is 12.1 Å². The Kier molecular flexibility index (Phi) is 7.65. The van der Waals surface area contributed by atoms with E-state index in [0.29, 0.717) is 30.8 Å². The number of ether oxygens (including phenoxy) is 1. The second-order valence-corrected chi connectivity index (χ2v) is 7.99. The second kappa shape index (κ2) is 9.96. The van der Waals surface area contributed by atoms with Gasteiger partial charge in [0.25, 0.3) is 11.8 Å². The van der Waals surface area contributed by atoms with E-state index in [9.17, 15) is 14.7 Å². The van der Waals surface area contributed by atoms with Gasteiger partial charge in [-0.25, -0.2) is 0 Å². The highest BCUT2D eigenvalue weighted by molar-refractivity contribution is 5.94. The van der Waals surface area contributed by atoms with Crippen LogP contribution in [-0.2, 0) is 10.2 Å². The van der Waals surface area contributed by atoms with Crippen molar-refractivity contribution in [3.05, 3.63) is 59.7 Å². The lowest BCUT2D eigenvalue weighted by atomic mass is 9.87. The monoisotopic (exact) mass is 398 g/mol. The molecule has 0 heterocycles. The maximum Gasteiger partial charge on any atom is 0.260 e. The molecule has 2 amide bonds. The minimum Gasteiger partial charge on any atom is -0.508 e. The quantitative estimate of drug-likeness (QED) is 0.595. The van der Waals surface area contributed by atoms with E-state index in [0.717, 1.165) is 5.56 Å². The molecule has 2 aromatic carbocycles. The van der Waals surface area contributed by atoms with Gasteiger partial charge >= 0.3 is 0 Å². The Morgan fingerprint density at radius 3 is 2.41 bits per heavy atom. The van der Waals surface area contributed by atoms with Crippen molar-refractivity contribution in [2.24, 2.45) is 0 Å². The van der Waals surface area contributed by atoms with Crippen LogP contribution in [0.1, 0.15) is 50.0 Å². The number of carbonyl (C=O) groups excluding carboxylic acids is 2. The fraction of sp³-hybridized carbons (Fsp3) is 0.391. The molecule has 0 saturated carbocycles. The molecule has 0 radical (unpaired) electrons. The molecule has 0 aliphatic carbocycles. The van der Waals surface area contributed by atoms with Crippen LogP contribution in [0.5, 0.6) is 11.5 Å². The molecule has 0 saturated heterocycles. The normalized spacial score (nSPS) is 12.1. The van der Waals surface area contributed by atoms with E-state index < -0.39 is 6.10 Å². The molecule has 0 aliphatic heterocycles. The zero-order chi connectivity index (χ0) is 21.4. The summed E-state index contributed by atoms with van der Waals surface area (Å²) in [6, 6.07) is 13.9. The van der Waals surface area contributed by atoms with E-state index in [4.69, 9.17) is 4.74 Å². The highest BCUT2D eigenvalue weighted by Crippen LogP contribution is 2.26. The average molecular weight is 399 g/mol. The van der Waals surface area contributed by atoms with E-state index in [2.05, 4.69) is 31.4 Å². The summed E-state index contributed by atoms with van der Waals surface area (Å²) in [6.45, 7) is 8.93. The topological polar surface area (TPSA) is 87.7 Å². The summed E-state index contributed by atoms with van der Waals surface area (Å²) in [5, 5.41) is 15.0. The maximum atomic E-state index is 12.2. The zero-order valence-electron chi connectivity index (χ0n) is 17.5. The number of hydrogen-bond acceptors (Lipinski definition) is 4. The van der Waals surface area contributed by atoms with Crippen molar-refractivity contribution in [3.8, 4) is 11.5 Å². The van der Waals surface area contributed by atoms with Crippen LogP contribution in [0.15, 0.2) is 48.5 Å². The van der Waals surface area contributed by atoms with E-state index >= 15 is 0 Å². The molecule has 3 N–H and O–H groups in total. The Morgan fingerprint density at radius 1 is 1.03 bits per heavy atom. The first-order valence-electron chi connectivity index (χ1n) is 9.79. The number of phenolic OH excluding ortho intramolecular Hbond substituents is 1. The molecule has 1 atom stereocenters. The first-order valence-corrected chi connectivity index (χ1v) is 9.79. The van der Waals surface area contributed by atoms with Crippen molar-refractivity contribution in [1.82, 2.24) is 10.6 Å². The third kappa shape index (κ3) is 7.14. The summed E-state index contributed by atoms with van der Waals surface area (Å²) >= 11 is 0. The van der Waals surface area contributed by atoms with E-state index in [1.54, 1.807) is 19.1 Å². The molecule has 29 heavy (non-hydrogen) atoms. The minimum absolute atomic E-state index is 0.00773. The van der Waals surface area contributed by atoms with Crippen molar-refractivity contribution in [1.29, 1.82) is 0 Å². The number of rotatable bonds is 8. The first kappa shape index (κ1) is 22.3. The summed E-state index contributed by atoms with van der Waals surface area (Å²) in [6.07, 6.45) is -0.0326. The molecule has 2 aromatic rings. The van der Waals surface area contributed by atoms with Crippen LogP contribution < -0.4 is 15.4 Å². The van der Waals surface area contributed by atoms with Gasteiger partial charge in [0.15, 0.2) is 6.10 Å². The number of nitrogens with one attached hydrogen (secondary N) is 2. The first-order chi connectivity index (χ1) is 13.7. The van der Waals surface area contributed by atoms with Crippen LogP contribution in [0.25, 0.3) is 0 Å². The standard InChI is InChI=1S/C23H30N2O4/c1-16(29-20-11-6-9-18(15-20)23(2,3)4)21(27)24-12-7-13-25-22(28)17-8-5-10-19(26)14-17/h5-6,8-11,14-16,26H,7,12-13H2,1-4H3,(H,24,27)(H,25,28). The molecular formula is C23H30N2O4. The number of phenols is 1. The molecule has 0 bridgehead atoms. The Bertz CT molecular complexity index is 843. The molecule has 156 valence electrons. The van der Waals surface area contributed by atoms with Crippen molar-refractivity contribution in [2.75, 3.05) is 13.1 Å². The Labute approximate surface area is 172 Å². The molecule has 1 unspecified atom stereocenters. The minimum atomic E-state index is -0.618. The van der Waals surface area contributed by atoms with Crippen molar-refractivity contribution < 1.29 is 19.4 Å². The van der Waals surface area contributed by atoms with Gasteiger partial charge in [0, 0.05) is 18.7 Å². The van der Waals surface area contributed by atoms with Crippen molar-refractivity contribution in [2.45, 2.75) is 45.6 Å². The van der Waals surface area contributed by atoms with Gasteiger partial charge in [-0.05, 0) is 54.7 Å². The van der Waals surface area contributed by atoms with Crippen molar-refractivity contribution in [3.63, 3.8) is 0 Å². The summed E-state index contributed by atoms with van der Waals surface area (Å²) in [5.41, 5.74) is 1.55. The molecule has 0 aromatic heterocycles. The number of hydrogen-bond donors (Lipinski definition) is 3. The van der Waals surface area contributed by atoms with Gasteiger partial charge in [-0.1, -0.05) is 39.0 Å². The van der Waals surface area contributed by atoms with Crippen molar-refractivity contribution >= 4 is 11.8 Å². The Morgan fingerprint density at radius 2 is 1.72 bits per heavy atom. The average Bonchev–Trinajstić information content (AvgIpc) is 2.67. The van der Waals surface area contributed by atoms with Gasteiger partial charge < -0.3 is 20.5 Å². The molecule has 0 fully saturated rings. The maximum absolute atomic E-state index is 12.2. The largest absolute Gasteiger partial charge is 0.508 e. The SMILES string of the molecule is CC(Oc1cccc(C(C)(C)C)c1)C(=O)NCCCNC(=O)c1cccc(O)c1. The zero-order valence-corrected chi connectivity index (χ0v) is 17.5. The molecular weight excluding hydrogens is 368 g/mol. The lowest BCUT2D eigenvalue weighted by Gasteiger charge is -2.21. The van der Waals surface area contributed by atoms with Crippen LogP contribution in [-0.4, -0.2) is 36.1 Å². The lowest BCUT2D eigenvalue weighted by Crippen LogP contribution is -2.38. The van der Waals surface area contributed by atoms with Crippen LogP contribution >= 0.6 is 0 Å². The van der Waals surface area contributed by atoms with Crippen LogP contribution in [0.3, 0.4) is 0 Å². The number of carbonyl (C=O) groups is 2. The van der Waals surface area contributed by atoms with Gasteiger partial charge in [0.2, 0.25) is 0 Å². The fourth-order valence-corrected chi connectivity index (χ4v) is 2.69. The van der Waals surface area contributed by atoms with Gasteiger partial charge in [0.1, 0.15) is 11.5 Å². The van der Waals surface area contributed by atoms with E-state index in [1.807, 2.05) is 24.3 Å². The summed E-state index contributed by atoms with van der Waals surface area (Å²) in [4.78, 5) is 24.2. The number of benzene rings is 2. The Hall–Kier alpha value is -3.02. The van der Waals surface area contributed by atoms with Crippen LogP contribution in [0.2, 0.25) is 0 Å². The second-order valence-electron chi connectivity index (χ2n) is 7.99. The predicted octanol–water partition coefficient (Wildman–Crippen LogP) is 3.39. The number of amides is 2. The van der Waals surface area contributed by atoms with Crippen LogP contribution in [0.4, 0.5) is 0 Å².